The molecule has 0 saturated heterocycles. The number of carbonyl (C=O) groups excluding carboxylic acids is 2. The van der Waals surface area contributed by atoms with Crippen LogP contribution in [-0.2, 0) is 26.2 Å². The van der Waals surface area contributed by atoms with E-state index in [9.17, 15) is 18.0 Å². The van der Waals surface area contributed by atoms with Crippen LogP contribution < -0.4 is 14.4 Å². The second kappa shape index (κ2) is 13.9. The molecule has 1 N–H and O–H groups in total. The molecule has 0 aliphatic heterocycles. The first-order chi connectivity index (χ1) is 19.0. The van der Waals surface area contributed by atoms with E-state index in [1.807, 2.05) is 13.8 Å². The summed E-state index contributed by atoms with van der Waals surface area (Å²) in [7, 11) is -2.64. The van der Waals surface area contributed by atoms with Crippen molar-refractivity contribution in [1.82, 2.24) is 10.2 Å². The van der Waals surface area contributed by atoms with Gasteiger partial charge in [0.1, 0.15) is 18.3 Å². The van der Waals surface area contributed by atoms with E-state index in [0.717, 1.165) is 9.87 Å². The lowest BCUT2D eigenvalue weighted by Crippen LogP contribution is -2.52. The van der Waals surface area contributed by atoms with Crippen molar-refractivity contribution in [3.05, 3.63) is 88.4 Å². The summed E-state index contributed by atoms with van der Waals surface area (Å²) in [5, 5.41) is 3.28. The maximum absolute atomic E-state index is 13.9. The predicted molar refractivity (Wildman–Crippen MR) is 158 cm³/mol. The van der Waals surface area contributed by atoms with Gasteiger partial charge in [-0.05, 0) is 68.3 Å². The summed E-state index contributed by atoms with van der Waals surface area (Å²) in [6, 6.07) is 18.2. The van der Waals surface area contributed by atoms with Gasteiger partial charge < -0.3 is 15.0 Å². The molecule has 214 valence electrons. The normalized spacial score (nSPS) is 12.8. The Balaban J connectivity index is 2.03. The van der Waals surface area contributed by atoms with Crippen molar-refractivity contribution in [2.75, 3.05) is 18.0 Å². The molecule has 3 rings (SSSR count). The van der Waals surface area contributed by atoms with E-state index in [-0.39, 0.29) is 39.1 Å². The highest BCUT2D eigenvalue weighted by atomic mass is 35.5. The second-order valence-corrected chi connectivity index (χ2v) is 12.0. The predicted octanol–water partition coefficient (Wildman–Crippen LogP) is 5.53. The highest BCUT2D eigenvalue weighted by molar-refractivity contribution is 7.92. The molecule has 0 aliphatic rings. The Morgan fingerprint density at radius 1 is 0.950 bits per heavy atom. The average Bonchev–Trinajstić information content (AvgIpc) is 2.96. The van der Waals surface area contributed by atoms with Gasteiger partial charge in [-0.1, -0.05) is 60.5 Å². The Hall–Kier alpha value is -3.27. The van der Waals surface area contributed by atoms with E-state index >= 15 is 0 Å². The van der Waals surface area contributed by atoms with E-state index in [4.69, 9.17) is 27.9 Å². The lowest BCUT2D eigenvalue weighted by atomic mass is 10.1. The van der Waals surface area contributed by atoms with E-state index < -0.39 is 28.5 Å². The van der Waals surface area contributed by atoms with Gasteiger partial charge in [-0.25, -0.2) is 8.42 Å². The van der Waals surface area contributed by atoms with Gasteiger partial charge in [-0.15, -0.1) is 0 Å². The number of benzene rings is 3. The van der Waals surface area contributed by atoms with Crippen LogP contribution in [0.15, 0.2) is 77.7 Å². The summed E-state index contributed by atoms with van der Waals surface area (Å²) in [4.78, 5) is 28.4. The van der Waals surface area contributed by atoms with Crippen molar-refractivity contribution >= 4 is 50.7 Å². The fourth-order valence-electron chi connectivity index (χ4n) is 3.86. The number of nitrogens with zero attached hydrogens (tertiary/aromatic N) is 2. The highest BCUT2D eigenvalue weighted by Gasteiger charge is 2.33. The molecule has 3 aromatic rings. The third-order valence-corrected chi connectivity index (χ3v) is 9.01. The molecule has 0 radical (unpaired) electrons. The summed E-state index contributed by atoms with van der Waals surface area (Å²) in [5.41, 5.74) is 0.900. The fourth-order valence-corrected chi connectivity index (χ4v) is 5.58. The molecule has 0 bridgehead atoms. The Labute approximate surface area is 245 Å². The monoisotopic (exact) mass is 605 g/mol. The number of anilines is 1. The zero-order chi connectivity index (χ0) is 29.4. The van der Waals surface area contributed by atoms with Crippen molar-refractivity contribution in [2.45, 2.75) is 50.7 Å². The smallest absolute Gasteiger partial charge is 0.264 e. The molecular weight excluding hydrogens is 573 g/mol. The minimum absolute atomic E-state index is 0.00172. The van der Waals surface area contributed by atoms with Crippen LogP contribution in [0.1, 0.15) is 32.8 Å². The number of sulfonamides is 1. The topological polar surface area (TPSA) is 96.0 Å². The molecule has 2 amide bonds. The second-order valence-electron chi connectivity index (χ2n) is 9.29. The molecule has 0 saturated carbocycles. The summed E-state index contributed by atoms with van der Waals surface area (Å²) >= 11 is 12.3. The Bertz CT molecular complexity index is 1420. The molecule has 40 heavy (non-hydrogen) atoms. The number of amides is 2. The largest absolute Gasteiger partial charge is 0.497 e. The number of methoxy groups -OCH3 is 1. The van der Waals surface area contributed by atoms with Gasteiger partial charge >= 0.3 is 0 Å². The van der Waals surface area contributed by atoms with Crippen LogP contribution in [0.5, 0.6) is 5.75 Å². The third-order valence-electron chi connectivity index (χ3n) is 6.48. The number of rotatable bonds is 12. The SMILES string of the molecule is CC[C@H](C)NC(=O)[C@@H](C)N(Cc1ccc(OC)cc1)C(=O)CN(c1ccc(Cl)c(Cl)c1)S(=O)(=O)c1ccccc1. The van der Waals surface area contributed by atoms with E-state index in [0.29, 0.717) is 12.2 Å². The van der Waals surface area contributed by atoms with Crippen molar-refractivity contribution in [2.24, 2.45) is 0 Å². The Morgan fingerprint density at radius 2 is 1.60 bits per heavy atom. The third kappa shape index (κ3) is 7.68. The molecule has 0 fully saturated rings. The van der Waals surface area contributed by atoms with Crippen molar-refractivity contribution in [1.29, 1.82) is 0 Å². The molecule has 0 aliphatic carbocycles. The van der Waals surface area contributed by atoms with Crippen LogP contribution in [0, 0.1) is 0 Å². The lowest BCUT2D eigenvalue weighted by molar-refractivity contribution is -0.139. The quantitative estimate of drug-likeness (QED) is 0.293. The van der Waals surface area contributed by atoms with Gasteiger partial charge in [0.25, 0.3) is 10.0 Å². The highest BCUT2D eigenvalue weighted by Crippen LogP contribution is 2.31. The molecule has 0 aromatic heterocycles. The van der Waals surface area contributed by atoms with Crippen molar-refractivity contribution in [3.63, 3.8) is 0 Å². The summed E-state index contributed by atoms with van der Waals surface area (Å²) < 4.78 is 33.8. The molecule has 11 heteroatoms. The van der Waals surface area contributed by atoms with Gasteiger partial charge in [-0.2, -0.15) is 0 Å². The van der Waals surface area contributed by atoms with Crippen LogP contribution >= 0.6 is 23.2 Å². The number of nitrogens with one attached hydrogen (secondary N) is 1. The minimum atomic E-state index is -4.20. The van der Waals surface area contributed by atoms with Crippen molar-refractivity contribution in [3.8, 4) is 5.75 Å². The zero-order valence-corrected chi connectivity index (χ0v) is 25.1. The zero-order valence-electron chi connectivity index (χ0n) is 22.8. The summed E-state index contributed by atoms with van der Waals surface area (Å²) in [5.74, 6) is -0.277. The van der Waals surface area contributed by atoms with Crippen LogP contribution in [0.2, 0.25) is 10.0 Å². The summed E-state index contributed by atoms with van der Waals surface area (Å²) in [6.07, 6.45) is 0.714. The van der Waals surface area contributed by atoms with Gasteiger partial charge in [0.15, 0.2) is 0 Å². The first-order valence-corrected chi connectivity index (χ1v) is 14.9. The van der Waals surface area contributed by atoms with Gasteiger partial charge in [-0.3, -0.25) is 13.9 Å². The Kier molecular flexibility index (Phi) is 10.8. The van der Waals surface area contributed by atoms with Crippen LogP contribution in [-0.4, -0.2) is 50.9 Å². The number of hydrogen-bond donors (Lipinski definition) is 1. The summed E-state index contributed by atoms with van der Waals surface area (Å²) in [6.45, 7) is 4.93. The molecule has 0 unspecified atom stereocenters. The van der Waals surface area contributed by atoms with Crippen LogP contribution in [0.25, 0.3) is 0 Å². The average molecular weight is 607 g/mol. The van der Waals surface area contributed by atoms with Gasteiger partial charge in [0, 0.05) is 12.6 Å². The molecule has 8 nitrogen and oxygen atoms in total. The molecule has 3 aromatic carbocycles. The van der Waals surface area contributed by atoms with E-state index in [2.05, 4.69) is 5.32 Å². The first-order valence-electron chi connectivity index (χ1n) is 12.7. The maximum atomic E-state index is 13.9. The molecule has 2 atom stereocenters. The number of ether oxygens (including phenoxy) is 1. The first kappa shape index (κ1) is 31.3. The maximum Gasteiger partial charge on any atom is 0.264 e. The van der Waals surface area contributed by atoms with E-state index in [1.54, 1.807) is 56.5 Å². The molecule has 0 heterocycles. The standard InChI is InChI=1S/C29H33Cl2N3O5S/c1-5-20(2)32-29(36)21(3)33(18-22-11-14-24(39-4)15-12-22)28(35)19-34(23-13-16-26(30)27(31)17-23)40(37,38)25-9-7-6-8-10-25/h6-17,20-21H,5,18-19H2,1-4H3,(H,32,36)/t20-,21+/m0/s1. The number of halogens is 2. The Morgan fingerprint density at radius 3 is 2.17 bits per heavy atom. The van der Waals surface area contributed by atoms with Crippen LogP contribution in [0.4, 0.5) is 5.69 Å². The lowest BCUT2D eigenvalue weighted by Gasteiger charge is -2.32. The fraction of sp³-hybridized carbons (Fsp3) is 0.310. The van der Waals surface area contributed by atoms with E-state index in [1.165, 1.54) is 35.2 Å². The molecule has 0 spiro atoms. The van der Waals surface area contributed by atoms with Gasteiger partial charge in [0.05, 0.1) is 27.7 Å². The number of hydrogen-bond acceptors (Lipinski definition) is 5. The molecular formula is C29H33Cl2N3O5S. The van der Waals surface area contributed by atoms with Gasteiger partial charge in [0.2, 0.25) is 11.8 Å². The number of carbonyl (C=O) groups is 2. The minimum Gasteiger partial charge on any atom is -0.497 e. The van der Waals surface area contributed by atoms with Crippen molar-refractivity contribution < 1.29 is 22.7 Å². The van der Waals surface area contributed by atoms with Crippen LogP contribution in [0.3, 0.4) is 0 Å².